The van der Waals surface area contributed by atoms with E-state index in [0.29, 0.717) is 11.3 Å². The highest BCUT2D eigenvalue weighted by molar-refractivity contribution is 5.94. The van der Waals surface area contributed by atoms with Gasteiger partial charge in [0, 0.05) is 5.69 Å². The van der Waals surface area contributed by atoms with Gasteiger partial charge in [0.25, 0.3) is 5.91 Å². The Kier molecular flexibility index (Phi) is 4.57. The summed E-state index contributed by atoms with van der Waals surface area (Å²) in [5, 5.41) is 11.8. The van der Waals surface area contributed by atoms with Crippen molar-refractivity contribution >= 4 is 11.6 Å². The molecule has 0 bridgehead atoms. The molecule has 0 heterocycles. The van der Waals surface area contributed by atoms with E-state index in [-0.39, 0.29) is 5.91 Å². The number of nitriles is 1. The SMILES string of the molecule is Cc1ccc(NC(=O)[C@H](C)Oc2ccccc2C#N)cc1. The Morgan fingerprint density at radius 3 is 2.52 bits per heavy atom. The number of ether oxygens (including phenoxy) is 1. The lowest BCUT2D eigenvalue weighted by Gasteiger charge is -2.15. The standard InChI is InChI=1S/C17H16N2O2/c1-12-7-9-15(10-8-12)19-17(20)13(2)21-16-6-4-3-5-14(16)11-18/h3-10,13H,1-2H3,(H,19,20)/t13-/m0/s1. The lowest BCUT2D eigenvalue weighted by Crippen LogP contribution is -2.30. The molecular formula is C17H16N2O2. The number of para-hydroxylation sites is 1. The second kappa shape index (κ2) is 6.58. The molecule has 0 aliphatic rings. The van der Waals surface area contributed by atoms with Gasteiger partial charge in [-0.05, 0) is 38.1 Å². The minimum atomic E-state index is -0.694. The van der Waals surface area contributed by atoms with Crippen LogP contribution in [0, 0.1) is 18.3 Å². The van der Waals surface area contributed by atoms with Crippen LogP contribution in [0.25, 0.3) is 0 Å². The summed E-state index contributed by atoms with van der Waals surface area (Å²) in [6, 6.07) is 16.4. The summed E-state index contributed by atoms with van der Waals surface area (Å²) in [5.41, 5.74) is 2.25. The molecule has 1 atom stereocenters. The van der Waals surface area contributed by atoms with Gasteiger partial charge in [-0.25, -0.2) is 0 Å². The van der Waals surface area contributed by atoms with Crippen LogP contribution in [-0.2, 0) is 4.79 Å². The Morgan fingerprint density at radius 1 is 1.19 bits per heavy atom. The van der Waals surface area contributed by atoms with Gasteiger partial charge in [-0.1, -0.05) is 29.8 Å². The Balaban J connectivity index is 2.03. The van der Waals surface area contributed by atoms with E-state index in [9.17, 15) is 4.79 Å². The van der Waals surface area contributed by atoms with Crippen molar-refractivity contribution in [1.29, 1.82) is 5.26 Å². The quantitative estimate of drug-likeness (QED) is 0.935. The van der Waals surface area contributed by atoms with E-state index in [4.69, 9.17) is 10.00 Å². The number of anilines is 1. The van der Waals surface area contributed by atoms with Crippen LogP contribution in [0.5, 0.6) is 5.75 Å². The molecule has 0 saturated heterocycles. The second-order valence-corrected chi connectivity index (χ2v) is 4.72. The smallest absolute Gasteiger partial charge is 0.265 e. The minimum absolute atomic E-state index is 0.258. The summed E-state index contributed by atoms with van der Waals surface area (Å²) < 4.78 is 5.56. The van der Waals surface area contributed by atoms with Crippen LogP contribution in [0.2, 0.25) is 0 Å². The average Bonchev–Trinajstić information content (AvgIpc) is 2.50. The van der Waals surface area contributed by atoms with Crippen molar-refractivity contribution in [2.24, 2.45) is 0 Å². The van der Waals surface area contributed by atoms with Crippen LogP contribution in [0.15, 0.2) is 48.5 Å². The fraction of sp³-hybridized carbons (Fsp3) is 0.176. The van der Waals surface area contributed by atoms with E-state index in [1.165, 1.54) is 0 Å². The van der Waals surface area contributed by atoms with Gasteiger partial charge in [0.15, 0.2) is 6.10 Å². The summed E-state index contributed by atoms with van der Waals surface area (Å²) in [5.74, 6) is 0.151. The third-order valence-corrected chi connectivity index (χ3v) is 3.00. The third-order valence-electron chi connectivity index (χ3n) is 3.00. The van der Waals surface area contributed by atoms with Gasteiger partial charge in [-0.3, -0.25) is 4.79 Å². The number of rotatable bonds is 4. The number of carbonyl (C=O) groups is 1. The Bertz CT molecular complexity index is 672. The Hall–Kier alpha value is -2.80. The maximum Gasteiger partial charge on any atom is 0.265 e. The van der Waals surface area contributed by atoms with E-state index < -0.39 is 6.10 Å². The molecule has 2 rings (SSSR count). The van der Waals surface area contributed by atoms with Crippen molar-refractivity contribution in [3.8, 4) is 11.8 Å². The molecule has 2 aromatic carbocycles. The number of benzene rings is 2. The van der Waals surface area contributed by atoms with Crippen molar-refractivity contribution in [1.82, 2.24) is 0 Å². The summed E-state index contributed by atoms with van der Waals surface area (Å²) in [6.07, 6.45) is -0.694. The van der Waals surface area contributed by atoms with Gasteiger partial charge >= 0.3 is 0 Å². The molecule has 0 unspecified atom stereocenters. The number of nitrogens with zero attached hydrogens (tertiary/aromatic N) is 1. The van der Waals surface area contributed by atoms with Crippen molar-refractivity contribution in [3.63, 3.8) is 0 Å². The van der Waals surface area contributed by atoms with Gasteiger partial charge in [0.05, 0.1) is 5.56 Å². The highest BCUT2D eigenvalue weighted by atomic mass is 16.5. The first kappa shape index (κ1) is 14.6. The van der Waals surface area contributed by atoms with Gasteiger partial charge < -0.3 is 10.1 Å². The first-order valence-corrected chi connectivity index (χ1v) is 6.63. The van der Waals surface area contributed by atoms with E-state index in [0.717, 1.165) is 11.3 Å². The Labute approximate surface area is 124 Å². The van der Waals surface area contributed by atoms with E-state index in [2.05, 4.69) is 5.32 Å². The van der Waals surface area contributed by atoms with Crippen LogP contribution >= 0.6 is 0 Å². The molecule has 21 heavy (non-hydrogen) atoms. The van der Waals surface area contributed by atoms with E-state index in [1.807, 2.05) is 37.3 Å². The highest BCUT2D eigenvalue weighted by Gasteiger charge is 2.16. The Morgan fingerprint density at radius 2 is 1.86 bits per heavy atom. The molecule has 1 amide bonds. The summed E-state index contributed by atoms with van der Waals surface area (Å²) in [7, 11) is 0. The molecule has 4 heteroatoms. The van der Waals surface area contributed by atoms with Crippen molar-refractivity contribution < 1.29 is 9.53 Å². The molecule has 0 aromatic heterocycles. The molecule has 0 saturated carbocycles. The number of hydrogen-bond acceptors (Lipinski definition) is 3. The molecule has 0 aliphatic carbocycles. The van der Waals surface area contributed by atoms with Crippen molar-refractivity contribution in [2.75, 3.05) is 5.32 Å². The van der Waals surface area contributed by atoms with Gasteiger partial charge in [0.2, 0.25) is 0 Å². The summed E-state index contributed by atoms with van der Waals surface area (Å²) in [4.78, 5) is 12.1. The molecule has 2 aromatic rings. The van der Waals surface area contributed by atoms with Crippen molar-refractivity contribution in [2.45, 2.75) is 20.0 Å². The third kappa shape index (κ3) is 3.83. The molecule has 0 spiro atoms. The number of amides is 1. The number of nitrogens with one attached hydrogen (secondary N) is 1. The number of aryl methyl sites for hydroxylation is 1. The first-order chi connectivity index (χ1) is 10.1. The number of carbonyl (C=O) groups excluding carboxylic acids is 1. The van der Waals surface area contributed by atoms with E-state index >= 15 is 0 Å². The summed E-state index contributed by atoms with van der Waals surface area (Å²) in [6.45, 7) is 3.63. The molecule has 0 fully saturated rings. The predicted octanol–water partition coefficient (Wildman–Crippen LogP) is 3.27. The molecule has 1 N–H and O–H groups in total. The first-order valence-electron chi connectivity index (χ1n) is 6.63. The van der Waals surface area contributed by atoms with E-state index in [1.54, 1.807) is 31.2 Å². The maximum absolute atomic E-state index is 12.1. The molecule has 0 radical (unpaired) electrons. The molecular weight excluding hydrogens is 264 g/mol. The highest BCUT2D eigenvalue weighted by Crippen LogP contribution is 2.18. The second-order valence-electron chi connectivity index (χ2n) is 4.72. The molecule has 0 aliphatic heterocycles. The average molecular weight is 280 g/mol. The monoisotopic (exact) mass is 280 g/mol. The van der Waals surface area contributed by atoms with Crippen molar-refractivity contribution in [3.05, 3.63) is 59.7 Å². The zero-order valence-electron chi connectivity index (χ0n) is 12.0. The van der Waals surface area contributed by atoms with Gasteiger partial charge in [-0.2, -0.15) is 5.26 Å². The maximum atomic E-state index is 12.1. The summed E-state index contributed by atoms with van der Waals surface area (Å²) >= 11 is 0. The molecule has 4 nitrogen and oxygen atoms in total. The zero-order valence-corrected chi connectivity index (χ0v) is 12.0. The topological polar surface area (TPSA) is 62.1 Å². The minimum Gasteiger partial charge on any atom is -0.480 e. The van der Waals surface area contributed by atoms with Crippen LogP contribution in [0.1, 0.15) is 18.1 Å². The fourth-order valence-electron chi connectivity index (χ4n) is 1.79. The largest absolute Gasteiger partial charge is 0.480 e. The molecule has 106 valence electrons. The van der Waals surface area contributed by atoms with Crippen LogP contribution in [0.4, 0.5) is 5.69 Å². The van der Waals surface area contributed by atoms with Gasteiger partial charge in [-0.15, -0.1) is 0 Å². The predicted molar refractivity (Wildman–Crippen MR) is 81.1 cm³/mol. The lowest BCUT2D eigenvalue weighted by atomic mass is 10.2. The van der Waals surface area contributed by atoms with Crippen LogP contribution in [0.3, 0.4) is 0 Å². The van der Waals surface area contributed by atoms with Crippen LogP contribution in [-0.4, -0.2) is 12.0 Å². The zero-order chi connectivity index (χ0) is 15.2. The lowest BCUT2D eigenvalue weighted by molar-refractivity contribution is -0.122. The fourth-order valence-corrected chi connectivity index (χ4v) is 1.79. The normalized spacial score (nSPS) is 11.3. The number of hydrogen-bond donors (Lipinski definition) is 1. The van der Waals surface area contributed by atoms with Gasteiger partial charge in [0.1, 0.15) is 11.8 Å². The van der Waals surface area contributed by atoms with Crippen LogP contribution < -0.4 is 10.1 Å².